The molecule has 0 radical (unpaired) electrons. The molecule has 0 aromatic heterocycles. The van der Waals surface area contributed by atoms with Crippen LogP contribution < -0.4 is 5.32 Å². The molecule has 3 N–H and O–H groups in total. The number of benzene rings is 1. The molecule has 0 aliphatic carbocycles. The highest BCUT2D eigenvalue weighted by Crippen LogP contribution is 2.19. The van der Waals surface area contributed by atoms with Crippen molar-refractivity contribution in [3.05, 3.63) is 34.1 Å². The normalized spacial score (nSPS) is 11.4. The molecule has 0 unspecified atom stereocenters. The molecular weight excluding hydrogens is 317 g/mol. The Hall–Kier alpha value is -0.980. The van der Waals surface area contributed by atoms with Crippen LogP contribution in [0.1, 0.15) is 18.9 Å². The Kier molecular flexibility index (Phi) is 5.90. The van der Waals surface area contributed by atoms with E-state index in [4.69, 9.17) is 10.2 Å². The lowest BCUT2D eigenvalue weighted by Gasteiger charge is -2.26. The van der Waals surface area contributed by atoms with Gasteiger partial charge in [0.05, 0.1) is 18.8 Å². The Balaban J connectivity index is 2.57. The van der Waals surface area contributed by atoms with Crippen LogP contribution in [-0.4, -0.2) is 34.9 Å². The van der Waals surface area contributed by atoms with Gasteiger partial charge in [0, 0.05) is 10.9 Å². The van der Waals surface area contributed by atoms with Crippen molar-refractivity contribution in [2.75, 3.05) is 13.2 Å². The summed E-state index contributed by atoms with van der Waals surface area (Å²) in [5, 5.41) is 20.7. The van der Waals surface area contributed by atoms with Gasteiger partial charge in [-0.05, 0) is 37.1 Å². The van der Waals surface area contributed by atoms with Crippen LogP contribution in [-0.2, 0) is 11.2 Å². The number of aliphatic hydroxyl groups excluding tert-OH is 2. The van der Waals surface area contributed by atoms with E-state index in [9.17, 15) is 9.18 Å². The zero-order chi connectivity index (χ0) is 14.5. The molecule has 6 heteroatoms. The van der Waals surface area contributed by atoms with Crippen molar-refractivity contribution < 1.29 is 19.4 Å². The van der Waals surface area contributed by atoms with Crippen LogP contribution in [0.15, 0.2) is 22.7 Å². The van der Waals surface area contributed by atoms with E-state index in [1.54, 1.807) is 13.0 Å². The first kappa shape index (κ1) is 16.1. The number of aliphatic hydroxyl groups is 2. The monoisotopic (exact) mass is 333 g/mol. The third kappa shape index (κ3) is 4.89. The van der Waals surface area contributed by atoms with Crippen molar-refractivity contribution in [3.8, 4) is 0 Å². The summed E-state index contributed by atoms with van der Waals surface area (Å²) in [6.45, 7) is 0.848. The molecule has 0 saturated carbocycles. The number of carbonyl (C=O) groups is 1. The summed E-state index contributed by atoms with van der Waals surface area (Å²) in [5.74, 6) is -0.657. The average molecular weight is 334 g/mol. The summed E-state index contributed by atoms with van der Waals surface area (Å²) in [6.07, 6.45) is 0.523. The summed E-state index contributed by atoms with van der Waals surface area (Å²) in [6, 6.07) is 4.30. The highest BCUT2D eigenvalue weighted by atomic mass is 79.9. The molecule has 0 spiro atoms. The second-order valence-corrected chi connectivity index (χ2v) is 5.52. The van der Waals surface area contributed by atoms with Gasteiger partial charge < -0.3 is 15.5 Å². The molecule has 0 fully saturated rings. The fourth-order valence-corrected chi connectivity index (χ4v) is 1.96. The molecule has 106 valence electrons. The predicted octanol–water partition coefficient (Wildman–Crippen LogP) is 1.38. The maximum absolute atomic E-state index is 13.1. The van der Waals surface area contributed by atoms with Gasteiger partial charge in [-0.15, -0.1) is 0 Å². The summed E-state index contributed by atoms with van der Waals surface area (Å²) >= 11 is 3.29. The van der Waals surface area contributed by atoms with Gasteiger partial charge >= 0.3 is 0 Å². The van der Waals surface area contributed by atoms with Crippen LogP contribution >= 0.6 is 15.9 Å². The minimum absolute atomic E-state index is 0.150. The van der Waals surface area contributed by atoms with E-state index < -0.39 is 5.54 Å². The SMILES string of the molecule is CC(CO)(CO)NC(=O)CCc1cc(F)ccc1Br. The molecule has 0 heterocycles. The minimum Gasteiger partial charge on any atom is -0.394 e. The molecule has 0 atom stereocenters. The van der Waals surface area contributed by atoms with Crippen LogP contribution in [0.3, 0.4) is 0 Å². The Morgan fingerprint density at radius 3 is 2.63 bits per heavy atom. The molecule has 0 aliphatic rings. The van der Waals surface area contributed by atoms with E-state index in [0.717, 1.165) is 4.47 Å². The van der Waals surface area contributed by atoms with Gasteiger partial charge in [-0.25, -0.2) is 4.39 Å². The van der Waals surface area contributed by atoms with Gasteiger partial charge in [0.15, 0.2) is 0 Å². The molecule has 0 bridgehead atoms. The first-order chi connectivity index (χ1) is 8.90. The Labute approximate surface area is 119 Å². The second-order valence-electron chi connectivity index (χ2n) is 4.66. The lowest BCUT2D eigenvalue weighted by molar-refractivity contribution is -0.124. The third-order valence-electron chi connectivity index (χ3n) is 2.77. The number of amides is 1. The number of carbonyl (C=O) groups excluding carboxylic acids is 1. The van der Waals surface area contributed by atoms with Crippen LogP contribution in [0.25, 0.3) is 0 Å². The summed E-state index contributed by atoms with van der Waals surface area (Å²) in [7, 11) is 0. The highest BCUT2D eigenvalue weighted by Gasteiger charge is 2.24. The van der Waals surface area contributed by atoms with Gasteiger partial charge in [0.25, 0.3) is 0 Å². The molecule has 1 amide bonds. The average Bonchev–Trinajstić information content (AvgIpc) is 2.39. The maximum Gasteiger partial charge on any atom is 0.220 e. The number of rotatable bonds is 6. The quantitative estimate of drug-likeness (QED) is 0.736. The largest absolute Gasteiger partial charge is 0.394 e. The zero-order valence-corrected chi connectivity index (χ0v) is 12.2. The lowest BCUT2D eigenvalue weighted by atomic mass is 10.0. The Morgan fingerprint density at radius 2 is 2.05 bits per heavy atom. The lowest BCUT2D eigenvalue weighted by Crippen LogP contribution is -2.51. The van der Waals surface area contributed by atoms with Crippen molar-refractivity contribution in [2.45, 2.75) is 25.3 Å². The molecule has 4 nitrogen and oxygen atoms in total. The van der Waals surface area contributed by atoms with Crippen molar-refractivity contribution in [1.29, 1.82) is 0 Å². The number of hydrogen-bond acceptors (Lipinski definition) is 3. The molecule has 1 aromatic carbocycles. The number of nitrogens with one attached hydrogen (secondary N) is 1. The van der Waals surface area contributed by atoms with E-state index >= 15 is 0 Å². The molecule has 0 aliphatic heterocycles. The van der Waals surface area contributed by atoms with E-state index in [-0.39, 0.29) is 31.4 Å². The fourth-order valence-electron chi connectivity index (χ4n) is 1.51. The maximum atomic E-state index is 13.1. The van der Waals surface area contributed by atoms with Gasteiger partial charge in [-0.1, -0.05) is 15.9 Å². The van der Waals surface area contributed by atoms with Gasteiger partial charge in [-0.3, -0.25) is 4.79 Å². The Bertz CT molecular complexity index is 450. The van der Waals surface area contributed by atoms with Crippen molar-refractivity contribution in [1.82, 2.24) is 5.32 Å². The van der Waals surface area contributed by atoms with E-state index in [1.165, 1.54) is 12.1 Å². The molecule has 0 saturated heterocycles. The summed E-state index contributed by atoms with van der Waals surface area (Å²) in [5.41, 5.74) is -0.333. The van der Waals surface area contributed by atoms with E-state index in [0.29, 0.717) is 12.0 Å². The fraction of sp³-hybridized carbons (Fsp3) is 0.462. The van der Waals surface area contributed by atoms with Crippen molar-refractivity contribution >= 4 is 21.8 Å². The zero-order valence-electron chi connectivity index (χ0n) is 10.6. The Morgan fingerprint density at radius 1 is 1.42 bits per heavy atom. The number of hydrogen-bond donors (Lipinski definition) is 3. The molecule has 19 heavy (non-hydrogen) atoms. The molecule has 1 rings (SSSR count). The summed E-state index contributed by atoms with van der Waals surface area (Å²) < 4.78 is 13.8. The van der Waals surface area contributed by atoms with Crippen LogP contribution in [0.5, 0.6) is 0 Å². The van der Waals surface area contributed by atoms with Crippen LogP contribution in [0.4, 0.5) is 4.39 Å². The standard InChI is InChI=1S/C13H17BrFNO3/c1-13(7-17,8-18)16-12(19)5-2-9-6-10(15)3-4-11(9)14/h3-4,6,17-18H,2,5,7-8H2,1H3,(H,16,19). The first-order valence-corrected chi connectivity index (χ1v) is 6.66. The summed E-state index contributed by atoms with van der Waals surface area (Å²) in [4.78, 5) is 11.7. The first-order valence-electron chi connectivity index (χ1n) is 5.87. The highest BCUT2D eigenvalue weighted by molar-refractivity contribution is 9.10. The smallest absolute Gasteiger partial charge is 0.220 e. The number of halogens is 2. The topological polar surface area (TPSA) is 69.6 Å². The number of aryl methyl sites for hydroxylation is 1. The third-order valence-corrected chi connectivity index (χ3v) is 3.54. The van der Waals surface area contributed by atoms with Gasteiger partial charge in [0.2, 0.25) is 5.91 Å². The van der Waals surface area contributed by atoms with Crippen LogP contribution in [0.2, 0.25) is 0 Å². The predicted molar refractivity (Wildman–Crippen MR) is 73.1 cm³/mol. The van der Waals surface area contributed by atoms with Crippen LogP contribution in [0, 0.1) is 5.82 Å². The molecule has 1 aromatic rings. The van der Waals surface area contributed by atoms with Crippen molar-refractivity contribution in [3.63, 3.8) is 0 Å². The van der Waals surface area contributed by atoms with Gasteiger partial charge in [0.1, 0.15) is 5.82 Å². The minimum atomic E-state index is -1.03. The second kappa shape index (κ2) is 6.98. The molecular formula is C13H17BrFNO3. The van der Waals surface area contributed by atoms with Crippen molar-refractivity contribution in [2.24, 2.45) is 0 Å². The van der Waals surface area contributed by atoms with Gasteiger partial charge in [-0.2, -0.15) is 0 Å². The van der Waals surface area contributed by atoms with E-state index in [1.807, 2.05) is 0 Å². The van der Waals surface area contributed by atoms with E-state index in [2.05, 4.69) is 21.2 Å².